The third-order valence-corrected chi connectivity index (χ3v) is 4.18. The van der Waals surface area contributed by atoms with Gasteiger partial charge in [0.2, 0.25) is 5.91 Å². The number of anilines is 1. The van der Waals surface area contributed by atoms with E-state index in [-0.39, 0.29) is 24.9 Å². The second-order valence-electron chi connectivity index (χ2n) is 5.14. The van der Waals surface area contributed by atoms with Crippen molar-refractivity contribution in [1.29, 1.82) is 5.26 Å². The van der Waals surface area contributed by atoms with E-state index >= 15 is 0 Å². The van der Waals surface area contributed by atoms with E-state index in [0.29, 0.717) is 17.9 Å². The van der Waals surface area contributed by atoms with Crippen LogP contribution in [0.2, 0.25) is 0 Å². The number of carbonyl (C=O) groups is 1. The number of nitriles is 1. The lowest BCUT2D eigenvalue weighted by molar-refractivity contribution is -0.117. The number of hydrogen-bond donors (Lipinski definition) is 1. The van der Waals surface area contributed by atoms with Gasteiger partial charge < -0.3 is 5.11 Å². The molecular formula is C15H13BrN4O2. The molecule has 22 heavy (non-hydrogen) atoms. The predicted molar refractivity (Wildman–Crippen MR) is 83.5 cm³/mol. The zero-order valence-electron chi connectivity index (χ0n) is 11.6. The van der Waals surface area contributed by atoms with Gasteiger partial charge in [-0.05, 0) is 24.3 Å². The first-order chi connectivity index (χ1) is 10.6. The first kappa shape index (κ1) is 14.8. The van der Waals surface area contributed by atoms with Crippen molar-refractivity contribution in [2.45, 2.75) is 6.42 Å². The number of nitrogens with zero attached hydrogens (tertiary/aromatic N) is 4. The topological polar surface area (TPSA) is 82.2 Å². The van der Waals surface area contributed by atoms with Crippen LogP contribution in [0.1, 0.15) is 12.0 Å². The fourth-order valence-corrected chi connectivity index (χ4v) is 2.82. The molecule has 0 saturated carbocycles. The van der Waals surface area contributed by atoms with Crippen LogP contribution in [-0.2, 0) is 4.79 Å². The quantitative estimate of drug-likeness (QED) is 0.905. The molecule has 1 aromatic heterocycles. The molecule has 0 bridgehead atoms. The van der Waals surface area contributed by atoms with Gasteiger partial charge >= 0.3 is 0 Å². The van der Waals surface area contributed by atoms with Crippen molar-refractivity contribution >= 4 is 27.7 Å². The maximum Gasteiger partial charge on any atom is 0.228 e. The number of aliphatic hydroxyl groups is 1. The van der Waals surface area contributed by atoms with Crippen LogP contribution < -0.4 is 4.90 Å². The maximum absolute atomic E-state index is 12.2. The fourth-order valence-electron chi connectivity index (χ4n) is 2.56. The highest BCUT2D eigenvalue weighted by atomic mass is 79.9. The Hall–Kier alpha value is -2.17. The monoisotopic (exact) mass is 360 g/mol. The maximum atomic E-state index is 12.2. The van der Waals surface area contributed by atoms with Crippen molar-refractivity contribution in [2.75, 3.05) is 18.1 Å². The lowest BCUT2D eigenvalue weighted by Gasteiger charge is -2.18. The normalized spacial score (nSPS) is 17.8. The second kappa shape index (κ2) is 5.91. The Kier molecular flexibility index (Phi) is 3.96. The summed E-state index contributed by atoms with van der Waals surface area (Å²) in [4.78, 5) is 13.7. The van der Waals surface area contributed by atoms with Crippen molar-refractivity contribution in [3.63, 3.8) is 0 Å². The standard InChI is InChI=1S/C15H13BrN4O2/c16-12-1-3-13(4-2-12)20-15(11(6-17)7-18-20)19-8-10(9-21)5-14(19)22/h1-4,7,10,21H,5,8-9H2. The Morgan fingerprint density at radius 2 is 2.14 bits per heavy atom. The summed E-state index contributed by atoms with van der Waals surface area (Å²) in [6.45, 7) is 0.350. The Balaban J connectivity index is 2.07. The Labute approximate surface area is 135 Å². The Morgan fingerprint density at radius 3 is 2.73 bits per heavy atom. The van der Waals surface area contributed by atoms with E-state index in [1.807, 2.05) is 24.3 Å². The number of carbonyl (C=O) groups excluding carboxylic acids is 1. The van der Waals surface area contributed by atoms with Gasteiger partial charge in [-0.15, -0.1) is 0 Å². The molecule has 1 saturated heterocycles. The third kappa shape index (κ3) is 2.51. The van der Waals surface area contributed by atoms with Gasteiger partial charge in [0.15, 0.2) is 5.82 Å². The molecule has 1 N–H and O–H groups in total. The number of aliphatic hydroxyl groups excluding tert-OH is 1. The van der Waals surface area contributed by atoms with Crippen molar-refractivity contribution in [2.24, 2.45) is 5.92 Å². The minimum absolute atomic E-state index is 0.0451. The van der Waals surface area contributed by atoms with E-state index in [2.05, 4.69) is 27.1 Å². The van der Waals surface area contributed by atoms with Gasteiger partial charge in [0.25, 0.3) is 0 Å². The molecule has 1 atom stereocenters. The van der Waals surface area contributed by atoms with Gasteiger partial charge in [-0.3, -0.25) is 9.69 Å². The summed E-state index contributed by atoms with van der Waals surface area (Å²) < 4.78 is 2.52. The predicted octanol–water partition coefficient (Wildman–Crippen LogP) is 1.85. The van der Waals surface area contributed by atoms with E-state index in [1.165, 1.54) is 11.1 Å². The molecule has 0 radical (unpaired) electrons. The van der Waals surface area contributed by atoms with Crippen LogP contribution in [0.5, 0.6) is 0 Å². The molecule has 1 aliphatic rings. The number of rotatable bonds is 3. The summed E-state index contributed by atoms with van der Waals surface area (Å²) in [6.07, 6.45) is 1.74. The van der Waals surface area contributed by atoms with Gasteiger partial charge in [0.1, 0.15) is 11.6 Å². The molecule has 2 aromatic rings. The highest BCUT2D eigenvalue weighted by Gasteiger charge is 2.34. The average Bonchev–Trinajstić information content (AvgIpc) is 3.10. The van der Waals surface area contributed by atoms with Crippen LogP contribution >= 0.6 is 15.9 Å². The summed E-state index contributed by atoms with van der Waals surface area (Å²) in [6, 6.07) is 9.52. The molecule has 1 aromatic carbocycles. The molecule has 1 fully saturated rings. The molecule has 0 aliphatic carbocycles. The molecule has 1 unspecified atom stereocenters. The second-order valence-corrected chi connectivity index (χ2v) is 6.05. The number of aromatic nitrogens is 2. The Bertz CT molecular complexity index is 748. The average molecular weight is 361 g/mol. The van der Waals surface area contributed by atoms with Crippen LogP contribution in [0, 0.1) is 17.2 Å². The van der Waals surface area contributed by atoms with Crippen molar-refractivity contribution in [3.8, 4) is 11.8 Å². The van der Waals surface area contributed by atoms with Gasteiger partial charge in [0.05, 0.1) is 11.9 Å². The third-order valence-electron chi connectivity index (χ3n) is 3.65. The lowest BCUT2D eigenvalue weighted by atomic mass is 10.1. The van der Waals surface area contributed by atoms with Gasteiger partial charge in [-0.25, -0.2) is 4.68 Å². The Morgan fingerprint density at radius 1 is 1.41 bits per heavy atom. The molecule has 3 rings (SSSR count). The molecule has 6 nitrogen and oxygen atoms in total. The molecule has 7 heteroatoms. The van der Waals surface area contributed by atoms with Crippen LogP contribution in [0.4, 0.5) is 5.82 Å². The number of benzene rings is 1. The number of hydrogen-bond acceptors (Lipinski definition) is 4. The van der Waals surface area contributed by atoms with E-state index < -0.39 is 0 Å². The van der Waals surface area contributed by atoms with Crippen molar-refractivity contribution in [3.05, 3.63) is 40.5 Å². The first-order valence-corrected chi connectivity index (χ1v) is 7.58. The molecule has 2 heterocycles. The number of amides is 1. The van der Waals surface area contributed by atoms with E-state index in [9.17, 15) is 15.2 Å². The minimum Gasteiger partial charge on any atom is -0.396 e. The summed E-state index contributed by atoms with van der Waals surface area (Å²) in [5.74, 6) is 0.257. The van der Waals surface area contributed by atoms with Crippen LogP contribution in [-0.4, -0.2) is 33.9 Å². The van der Waals surface area contributed by atoms with Crippen molar-refractivity contribution < 1.29 is 9.90 Å². The highest BCUT2D eigenvalue weighted by Crippen LogP contribution is 2.30. The van der Waals surface area contributed by atoms with E-state index in [1.54, 1.807) is 4.68 Å². The van der Waals surface area contributed by atoms with Crippen LogP contribution in [0.25, 0.3) is 5.69 Å². The zero-order valence-corrected chi connectivity index (χ0v) is 13.2. The molecule has 1 aliphatic heterocycles. The minimum atomic E-state index is -0.104. The smallest absolute Gasteiger partial charge is 0.228 e. The van der Waals surface area contributed by atoms with Gasteiger partial charge in [-0.1, -0.05) is 15.9 Å². The van der Waals surface area contributed by atoms with E-state index in [4.69, 9.17) is 0 Å². The van der Waals surface area contributed by atoms with Gasteiger partial charge in [0, 0.05) is 30.0 Å². The summed E-state index contributed by atoms with van der Waals surface area (Å²) in [5, 5.41) is 22.8. The largest absolute Gasteiger partial charge is 0.396 e. The number of halogens is 1. The van der Waals surface area contributed by atoms with Crippen LogP contribution in [0.3, 0.4) is 0 Å². The molecular weight excluding hydrogens is 348 g/mol. The lowest BCUT2D eigenvalue weighted by Crippen LogP contribution is -2.28. The fraction of sp³-hybridized carbons (Fsp3) is 0.267. The zero-order chi connectivity index (χ0) is 15.7. The highest BCUT2D eigenvalue weighted by molar-refractivity contribution is 9.10. The van der Waals surface area contributed by atoms with Crippen molar-refractivity contribution in [1.82, 2.24) is 9.78 Å². The van der Waals surface area contributed by atoms with Crippen LogP contribution in [0.15, 0.2) is 34.9 Å². The summed E-state index contributed by atoms with van der Waals surface area (Å²) >= 11 is 3.37. The molecule has 0 spiro atoms. The summed E-state index contributed by atoms with van der Waals surface area (Å²) in [7, 11) is 0. The summed E-state index contributed by atoms with van der Waals surface area (Å²) in [5.41, 5.74) is 1.11. The molecule has 1 amide bonds. The van der Waals surface area contributed by atoms with E-state index in [0.717, 1.165) is 10.2 Å². The SMILES string of the molecule is N#Cc1cnn(-c2ccc(Br)cc2)c1N1CC(CO)CC1=O. The first-order valence-electron chi connectivity index (χ1n) is 6.79. The van der Waals surface area contributed by atoms with Gasteiger partial charge in [-0.2, -0.15) is 10.4 Å². The molecule has 112 valence electrons.